The maximum Gasteiger partial charge on any atom is 0.336 e. The van der Waals surface area contributed by atoms with Crippen molar-refractivity contribution >= 4 is 50.9 Å². The molecule has 0 bridgehead atoms. The summed E-state index contributed by atoms with van der Waals surface area (Å²) in [6.07, 6.45) is 0. The molecule has 2 aromatic rings. The number of hydrogen-bond donors (Lipinski definition) is 2. The van der Waals surface area contributed by atoms with Gasteiger partial charge in [0.1, 0.15) is 0 Å². The van der Waals surface area contributed by atoms with Gasteiger partial charge < -0.3 is 10.4 Å². The summed E-state index contributed by atoms with van der Waals surface area (Å²) in [5.74, 6) is -0.934. The van der Waals surface area contributed by atoms with Crippen molar-refractivity contribution in [2.75, 3.05) is 5.75 Å². The van der Waals surface area contributed by atoms with Crippen LogP contribution >= 0.6 is 39.0 Å². The highest BCUT2D eigenvalue weighted by Gasteiger charge is 2.12. The number of amides is 1. The zero-order chi connectivity index (χ0) is 15.2. The SMILES string of the molecule is O=C(CSc1cc(Br)ccc1C(=O)O)NCc1cccs1. The lowest BCUT2D eigenvalue weighted by Crippen LogP contribution is -2.24. The second-order valence-corrected chi connectivity index (χ2v) is 7.06. The molecule has 2 rings (SSSR count). The smallest absolute Gasteiger partial charge is 0.336 e. The average molecular weight is 386 g/mol. The highest BCUT2D eigenvalue weighted by Crippen LogP contribution is 2.26. The van der Waals surface area contributed by atoms with Gasteiger partial charge in [-0.1, -0.05) is 22.0 Å². The quantitative estimate of drug-likeness (QED) is 0.745. The number of thioether (sulfide) groups is 1. The van der Waals surface area contributed by atoms with E-state index < -0.39 is 5.97 Å². The summed E-state index contributed by atoms with van der Waals surface area (Å²) in [6.45, 7) is 0.501. The number of nitrogens with one attached hydrogen (secondary N) is 1. The number of hydrogen-bond acceptors (Lipinski definition) is 4. The van der Waals surface area contributed by atoms with Crippen molar-refractivity contribution in [2.24, 2.45) is 0 Å². The van der Waals surface area contributed by atoms with Crippen molar-refractivity contribution in [1.82, 2.24) is 5.32 Å². The second-order valence-electron chi connectivity index (χ2n) is 4.09. The summed E-state index contributed by atoms with van der Waals surface area (Å²) in [7, 11) is 0. The van der Waals surface area contributed by atoms with E-state index in [4.69, 9.17) is 5.11 Å². The fourth-order valence-corrected chi connectivity index (χ4v) is 3.65. The Hall–Kier alpha value is -1.31. The van der Waals surface area contributed by atoms with E-state index in [1.54, 1.807) is 23.5 Å². The molecule has 0 saturated heterocycles. The Morgan fingerprint density at radius 2 is 2.14 bits per heavy atom. The van der Waals surface area contributed by atoms with Crippen molar-refractivity contribution in [3.63, 3.8) is 0 Å². The predicted octanol–water partition coefficient (Wildman–Crippen LogP) is 3.62. The molecule has 0 aliphatic carbocycles. The molecular formula is C14H12BrNO3S2. The van der Waals surface area contributed by atoms with Gasteiger partial charge in [-0.15, -0.1) is 23.1 Å². The molecule has 7 heteroatoms. The van der Waals surface area contributed by atoms with E-state index in [9.17, 15) is 9.59 Å². The number of carbonyl (C=O) groups is 2. The first-order chi connectivity index (χ1) is 10.1. The number of carboxylic acid groups (broad SMARTS) is 1. The first-order valence-corrected chi connectivity index (χ1v) is 8.67. The summed E-state index contributed by atoms with van der Waals surface area (Å²) in [5.41, 5.74) is 0.203. The number of rotatable bonds is 6. The highest BCUT2D eigenvalue weighted by atomic mass is 79.9. The summed E-state index contributed by atoms with van der Waals surface area (Å²) in [6, 6.07) is 8.79. The highest BCUT2D eigenvalue weighted by molar-refractivity contribution is 9.10. The number of aromatic carboxylic acids is 1. The van der Waals surface area contributed by atoms with Crippen LogP contribution in [0.3, 0.4) is 0 Å². The maximum absolute atomic E-state index is 11.8. The molecule has 4 nitrogen and oxygen atoms in total. The Morgan fingerprint density at radius 1 is 1.33 bits per heavy atom. The van der Waals surface area contributed by atoms with E-state index in [0.29, 0.717) is 11.4 Å². The van der Waals surface area contributed by atoms with Gasteiger partial charge in [-0.05, 0) is 29.6 Å². The number of benzene rings is 1. The summed E-state index contributed by atoms with van der Waals surface area (Å²) in [5, 5.41) is 13.9. The molecular weight excluding hydrogens is 374 g/mol. The molecule has 0 aliphatic heterocycles. The predicted molar refractivity (Wildman–Crippen MR) is 88.0 cm³/mol. The normalized spacial score (nSPS) is 10.3. The Balaban J connectivity index is 1.91. The van der Waals surface area contributed by atoms with Crippen LogP contribution in [0, 0.1) is 0 Å². The molecule has 1 aromatic heterocycles. The van der Waals surface area contributed by atoms with Crippen molar-refractivity contribution in [3.8, 4) is 0 Å². The first-order valence-electron chi connectivity index (χ1n) is 6.01. The van der Waals surface area contributed by atoms with Gasteiger partial charge in [-0.25, -0.2) is 4.79 Å². The number of halogens is 1. The van der Waals surface area contributed by atoms with E-state index in [-0.39, 0.29) is 17.2 Å². The summed E-state index contributed by atoms with van der Waals surface area (Å²) >= 11 is 6.10. The van der Waals surface area contributed by atoms with Crippen LogP contribution in [0.4, 0.5) is 0 Å². The number of carboxylic acids is 1. The van der Waals surface area contributed by atoms with E-state index in [1.807, 2.05) is 17.5 Å². The lowest BCUT2D eigenvalue weighted by Gasteiger charge is -2.07. The molecule has 0 unspecified atom stereocenters. The van der Waals surface area contributed by atoms with Gasteiger partial charge >= 0.3 is 5.97 Å². The number of carbonyl (C=O) groups excluding carboxylic acids is 1. The lowest BCUT2D eigenvalue weighted by molar-refractivity contribution is -0.118. The topological polar surface area (TPSA) is 66.4 Å². The van der Waals surface area contributed by atoms with E-state index in [1.165, 1.54) is 17.8 Å². The van der Waals surface area contributed by atoms with E-state index >= 15 is 0 Å². The Morgan fingerprint density at radius 3 is 2.81 bits per heavy atom. The van der Waals surface area contributed by atoms with Gasteiger partial charge in [0.05, 0.1) is 17.9 Å². The van der Waals surface area contributed by atoms with Crippen LogP contribution in [0.2, 0.25) is 0 Å². The third-order valence-electron chi connectivity index (χ3n) is 2.57. The molecule has 0 radical (unpaired) electrons. The molecule has 21 heavy (non-hydrogen) atoms. The largest absolute Gasteiger partial charge is 0.478 e. The van der Waals surface area contributed by atoms with Crippen molar-refractivity contribution in [2.45, 2.75) is 11.4 Å². The lowest BCUT2D eigenvalue weighted by atomic mass is 10.2. The second kappa shape index (κ2) is 7.63. The molecule has 2 N–H and O–H groups in total. The molecule has 0 atom stereocenters. The minimum atomic E-state index is -0.996. The van der Waals surface area contributed by atoms with Crippen LogP contribution in [0.1, 0.15) is 15.2 Å². The molecule has 1 amide bonds. The zero-order valence-electron chi connectivity index (χ0n) is 10.8. The van der Waals surface area contributed by atoms with Crippen LogP contribution in [-0.4, -0.2) is 22.7 Å². The van der Waals surface area contributed by atoms with E-state index in [2.05, 4.69) is 21.2 Å². The van der Waals surface area contributed by atoms with Gasteiger partial charge in [-0.3, -0.25) is 4.79 Å². The average Bonchev–Trinajstić information content (AvgIpc) is 2.96. The van der Waals surface area contributed by atoms with Crippen molar-refractivity contribution in [3.05, 3.63) is 50.6 Å². The minimum Gasteiger partial charge on any atom is -0.478 e. The van der Waals surface area contributed by atoms with Gasteiger partial charge in [0.15, 0.2) is 0 Å². The van der Waals surface area contributed by atoms with Crippen molar-refractivity contribution in [1.29, 1.82) is 0 Å². The van der Waals surface area contributed by atoms with Gasteiger partial charge in [0.2, 0.25) is 5.91 Å². The van der Waals surface area contributed by atoms with Crippen LogP contribution in [0.25, 0.3) is 0 Å². The minimum absolute atomic E-state index is 0.121. The van der Waals surface area contributed by atoms with Crippen LogP contribution < -0.4 is 5.32 Å². The molecule has 1 aromatic carbocycles. The number of thiophene rings is 1. The fraction of sp³-hybridized carbons (Fsp3) is 0.143. The maximum atomic E-state index is 11.8. The monoisotopic (exact) mass is 385 g/mol. The van der Waals surface area contributed by atoms with Gasteiger partial charge in [0.25, 0.3) is 0 Å². The third kappa shape index (κ3) is 4.87. The molecule has 1 heterocycles. The molecule has 0 fully saturated rings. The van der Waals surface area contributed by atoms with Gasteiger partial charge in [0, 0.05) is 14.2 Å². The molecule has 0 aliphatic rings. The first kappa shape index (κ1) is 16.1. The molecule has 0 spiro atoms. The van der Waals surface area contributed by atoms with Crippen LogP contribution in [0.5, 0.6) is 0 Å². The summed E-state index contributed by atoms with van der Waals surface area (Å²) in [4.78, 5) is 24.6. The summed E-state index contributed by atoms with van der Waals surface area (Å²) < 4.78 is 0.786. The molecule has 0 saturated carbocycles. The fourth-order valence-electron chi connectivity index (χ4n) is 1.59. The van der Waals surface area contributed by atoms with Crippen LogP contribution in [-0.2, 0) is 11.3 Å². The van der Waals surface area contributed by atoms with Crippen molar-refractivity contribution < 1.29 is 14.7 Å². The van der Waals surface area contributed by atoms with Crippen LogP contribution in [0.15, 0.2) is 45.1 Å². The molecule has 110 valence electrons. The standard InChI is InChI=1S/C14H12BrNO3S2/c15-9-3-4-11(14(18)19)12(6-9)21-8-13(17)16-7-10-2-1-5-20-10/h1-6H,7-8H2,(H,16,17)(H,18,19). The Labute approximate surface area is 138 Å². The zero-order valence-corrected chi connectivity index (χ0v) is 14.1. The van der Waals surface area contributed by atoms with Gasteiger partial charge in [-0.2, -0.15) is 0 Å². The third-order valence-corrected chi connectivity index (χ3v) is 5.00. The Bertz CT molecular complexity index is 644. The van der Waals surface area contributed by atoms with E-state index in [0.717, 1.165) is 9.35 Å². The Kier molecular flexibility index (Phi) is 5.84.